The fraction of sp³-hybridized carbons (Fsp3) is 0.538. The summed E-state index contributed by atoms with van der Waals surface area (Å²) in [6.45, 7) is 1.71. The molecule has 1 atom stereocenters. The average molecular weight is 258 g/mol. The quantitative estimate of drug-likeness (QED) is 0.853. The number of halogens is 2. The molecular weight excluding hydrogens is 241 g/mol. The molecule has 0 bridgehead atoms. The molecule has 1 fully saturated rings. The Balaban J connectivity index is 2.12. The van der Waals surface area contributed by atoms with Crippen LogP contribution >= 0.6 is 11.6 Å². The smallest absolute Gasteiger partial charge is 0.127 e. The molecule has 2 nitrogen and oxygen atoms in total. The zero-order valence-electron chi connectivity index (χ0n) is 9.68. The monoisotopic (exact) mass is 257 g/mol. The van der Waals surface area contributed by atoms with Crippen LogP contribution in [0, 0.1) is 5.82 Å². The van der Waals surface area contributed by atoms with Crippen molar-refractivity contribution >= 4 is 11.6 Å². The summed E-state index contributed by atoms with van der Waals surface area (Å²) >= 11 is 5.71. The van der Waals surface area contributed by atoms with Crippen molar-refractivity contribution in [1.82, 2.24) is 5.32 Å². The molecule has 1 saturated heterocycles. The maximum absolute atomic E-state index is 13.7. The van der Waals surface area contributed by atoms with Crippen LogP contribution in [0.25, 0.3) is 0 Å². The van der Waals surface area contributed by atoms with Crippen molar-refractivity contribution in [2.24, 2.45) is 0 Å². The lowest BCUT2D eigenvalue weighted by Gasteiger charge is -2.26. The average Bonchev–Trinajstić information content (AvgIpc) is 2.48. The van der Waals surface area contributed by atoms with Gasteiger partial charge in [0.25, 0.3) is 0 Å². The van der Waals surface area contributed by atoms with Crippen LogP contribution in [0.4, 0.5) is 4.39 Å². The van der Waals surface area contributed by atoms with E-state index in [2.05, 4.69) is 5.32 Å². The van der Waals surface area contributed by atoms with Gasteiger partial charge in [-0.3, -0.25) is 0 Å². The molecule has 0 aliphatic carbocycles. The number of nitrogens with one attached hydrogen (secondary N) is 1. The second kappa shape index (κ2) is 5.34. The van der Waals surface area contributed by atoms with Gasteiger partial charge in [0.2, 0.25) is 0 Å². The molecule has 17 heavy (non-hydrogen) atoms. The molecule has 1 heterocycles. The Morgan fingerprint density at radius 1 is 1.35 bits per heavy atom. The zero-order chi connectivity index (χ0) is 12.3. The van der Waals surface area contributed by atoms with E-state index in [0.29, 0.717) is 29.8 Å². The predicted molar refractivity (Wildman–Crippen MR) is 66.8 cm³/mol. The molecule has 0 amide bonds. The number of hydrogen-bond donors (Lipinski definition) is 2. The van der Waals surface area contributed by atoms with Crippen molar-refractivity contribution in [2.75, 3.05) is 13.1 Å². The van der Waals surface area contributed by atoms with Gasteiger partial charge in [0.15, 0.2) is 0 Å². The van der Waals surface area contributed by atoms with Crippen LogP contribution in [0.15, 0.2) is 18.2 Å². The van der Waals surface area contributed by atoms with E-state index in [9.17, 15) is 9.50 Å². The predicted octanol–water partition coefficient (Wildman–Crippen LogP) is 2.53. The van der Waals surface area contributed by atoms with Crippen molar-refractivity contribution in [1.29, 1.82) is 0 Å². The largest absolute Gasteiger partial charge is 0.389 e. The number of aliphatic hydroxyl groups is 1. The van der Waals surface area contributed by atoms with Crippen LogP contribution in [-0.4, -0.2) is 23.8 Å². The molecule has 0 radical (unpaired) electrons. The van der Waals surface area contributed by atoms with E-state index in [-0.39, 0.29) is 5.82 Å². The van der Waals surface area contributed by atoms with Gasteiger partial charge < -0.3 is 10.4 Å². The summed E-state index contributed by atoms with van der Waals surface area (Å²) in [5.74, 6) is -0.330. The van der Waals surface area contributed by atoms with Crippen molar-refractivity contribution < 1.29 is 9.50 Å². The molecule has 4 heteroatoms. The third kappa shape index (κ3) is 3.41. The molecule has 1 unspecified atom stereocenters. The summed E-state index contributed by atoms with van der Waals surface area (Å²) in [6.07, 6.45) is 2.65. The summed E-state index contributed by atoms with van der Waals surface area (Å²) in [5.41, 5.74) is -0.253. The van der Waals surface area contributed by atoms with Gasteiger partial charge in [0.1, 0.15) is 5.82 Å². The first-order chi connectivity index (χ1) is 8.09. The minimum absolute atomic E-state index is 0.330. The van der Waals surface area contributed by atoms with Crippen LogP contribution < -0.4 is 5.32 Å². The molecular formula is C13H17ClFNO. The van der Waals surface area contributed by atoms with E-state index in [1.807, 2.05) is 0 Å². The minimum Gasteiger partial charge on any atom is -0.389 e. The van der Waals surface area contributed by atoms with Crippen LogP contribution in [0.5, 0.6) is 0 Å². The molecule has 0 spiro atoms. The SMILES string of the molecule is OC1(Cc2ccc(Cl)cc2F)CCCNCC1. The van der Waals surface area contributed by atoms with E-state index in [1.165, 1.54) is 6.07 Å². The van der Waals surface area contributed by atoms with Crippen molar-refractivity contribution in [3.63, 3.8) is 0 Å². The third-order valence-electron chi connectivity index (χ3n) is 3.30. The fourth-order valence-corrected chi connectivity index (χ4v) is 2.47. The topological polar surface area (TPSA) is 32.3 Å². The van der Waals surface area contributed by atoms with Crippen molar-refractivity contribution in [3.8, 4) is 0 Å². The summed E-state index contributed by atoms with van der Waals surface area (Å²) in [5, 5.41) is 14.1. The summed E-state index contributed by atoms with van der Waals surface area (Å²) < 4.78 is 13.7. The summed E-state index contributed by atoms with van der Waals surface area (Å²) in [6, 6.07) is 4.63. The first-order valence-electron chi connectivity index (χ1n) is 5.96. The van der Waals surface area contributed by atoms with E-state index in [1.54, 1.807) is 12.1 Å². The molecule has 1 aliphatic heterocycles. The highest BCUT2D eigenvalue weighted by Crippen LogP contribution is 2.26. The van der Waals surface area contributed by atoms with E-state index in [0.717, 1.165) is 19.5 Å². The van der Waals surface area contributed by atoms with Gasteiger partial charge in [-0.2, -0.15) is 0 Å². The summed E-state index contributed by atoms with van der Waals surface area (Å²) in [7, 11) is 0. The van der Waals surface area contributed by atoms with Gasteiger partial charge in [-0.1, -0.05) is 17.7 Å². The van der Waals surface area contributed by atoms with Crippen molar-refractivity contribution in [2.45, 2.75) is 31.3 Å². The lowest BCUT2D eigenvalue weighted by molar-refractivity contribution is 0.0277. The van der Waals surface area contributed by atoms with E-state index >= 15 is 0 Å². The molecule has 94 valence electrons. The molecule has 2 N–H and O–H groups in total. The van der Waals surface area contributed by atoms with Crippen LogP contribution in [0.1, 0.15) is 24.8 Å². The fourth-order valence-electron chi connectivity index (χ4n) is 2.31. The highest BCUT2D eigenvalue weighted by Gasteiger charge is 2.29. The van der Waals surface area contributed by atoms with Crippen molar-refractivity contribution in [3.05, 3.63) is 34.6 Å². The Hall–Kier alpha value is -0.640. The van der Waals surface area contributed by atoms with Gasteiger partial charge >= 0.3 is 0 Å². The molecule has 0 aromatic heterocycles. The summed E-state index contributed by atoms with van der Waals surface area (Å²) in [4.78, 5) is 0. The molecule has 1 aromatic carbocycles. The first kappa shape index (κ1) is 12.8. The molecule has 2 rings (SSSR count). The second-order valence-electron chi connectivity index (χ2n) is 4.74. The molecule has 1 aromatic rings. The van der Waals surface area contributed by atoms with Crippen LogP contribution in [0.3, 0.4) is 0 Å². The highest BCUT2D eigenvalue weighted by molar-refractivity contribution is 6.30. The number of hydrogen-bond acceptors (Lipinski definition) is 2. The van der Waals surface area contributed by atoms with E-state index < -0.39 is 5.60 Å². The Kier molecular flexibility index (Phi) is 4.02. The Morgan fingerprint density at radius 3 is 2.94 bits per heavy atom. The minimum atomic E-state index is -0.793. The van der Waals surface area contributed by atoms with Crippen LogP contribution in [-0.2, 0) is 6.42 Å². The zero-order valence-corrected chi connectivity index (χ0v) is 10.4. The third-order valence-corrected chi connectivity index (χ3v) is 3.53. The Bertz CT molecular complexity index is 389. The van der Waals surface area contributed by atoms with Gasteiger partial charge in [-0.25, -0.2) is 4.39 Å². The van der Waals surface area contributed by atoms with Gasteiger partial charge in [-0.15, -0.1) is 0 Å². The van der Waals surface area contributed by atoms with Crippen LogP contribution in [0.2, 0.25) is 5.02 Å². The maximum atomic E-state index is 13.7. The van der Waals surface area contributed by atoms with Gasteiger partial charge in [-0.05, 0) is 50.0 Å². The number of rotatable bonds is 2. The molecule has 0 saturated carbocycles. The number of benzene rings is 1. The Morgan fingerprint density at radius 2 is 2.18 bits per heavy atom. The van der Waals surface area contributed by atoms with Gasteiger partial charge in [0, 0.05) is 11.4 Å². The molecule has 1 aliphatic rings. The highest BCUT2D eigenvalue weighted by atomic mass is 35.5. The maximum Gasteiger partial charge on any atom is 0.127 e. The lowest BCUT2D eigenvalue weighted by atomic mass is 9.87. The standard InChI is InChI=1S/C13H17ClFNO/c14-11-3-2-10(12(15)8-11)9-13(17)4-1-6-16-7-5-13/h2-3,8,16-17H,1,4-7,9H2. The lowest BCUT2D eigenvalue weighted by Crippen LogP contribution is -2.32. The van der Waals surface area contributed by atoms with E-state index in [4.69, 9.17) is 11.6 Å². The Labute approximate surface area is 106 Å². The first-order valence-corrected chi connectivity index (χ1v) is 6.34. The second-order valence-corrected chi connectivity index (χ2v) is 5.18. The normalized spacial score (nSPS) is 25.6. The van der Waals surface area contributed by atoms with Gasteiger partial charge in [0.05, 0.1) is 5.60 Å².